The summed E-state index contributed by atoms with van der Waals surface area (Å²) in [6, 6.07) is 13.0. The Morgan fingerprint density at radius 3 is 2.73 bits per heavy atom. The van der Waals surface area contributed by atoms with Crippen LogP contribution in [0.4, 0.5) is 5.82 Å². The van der Waals surface area contributed by atoms with Crippen LogP contribution >= 0.6 is 15.9 Å². The molecule has 110 valence electrons. The van der Waals surface area contributed by atoms with Crippen LogP contribution in [0.2, 0.25) is 0 Å². The normalized spacial score (nSPS) is 10.5. The van der Waals surface area contributed by atoms with Crippen LogP contribution in [0, 0.1) is 6.92 Å². The van der Waals surface area contributed by atoms with Crippen LogP contribution in [0.25, 0.3) is 11.3 Å². The second-order valence-electron chi connectivity index (χ2n) is 4.74. The van der Waals surface area contributed by atoms with E-state index < -0.39 is 0 Å². The van der Waals surface area contributed by atoms with Crippen LogP contribution in [-0.4, -0.2) is 16.0 Å². The largest absolute Gasteiger partial charge is 0.355 e. The summed E-state index contributed by atoms with van der Waals surface area (Å²) in [5.41, 5.74) is 2.06. The number of carbonyl (C=O) groups is 1. The summed E-state index contributed by atoms with van der Waals surface area (Å²) in [7, 11) is 0. The maximum atomic E-state index is 12.2. The fourth-order valence-electron chi connectivity index (χ4n) is 1.92. The molecule has 0 unspecified atom stereocenters. The van der Waals surface area contributed by atoms with E-state index in [0.29, 0.717) is 16.1 Å². The number of nitrogens with zero attached hydrogens (tertiary/aromatic N) is 2. The number of benzene rings is 1. The average molecular weight is 358 g/mol. The van der Waals surface area contributed by atoms with E-state index in [1.54, 1.807) is 12.3 Å². The Balaban J connectivity index is 1.80. The monoisotopic (exact) mass is 357 g/mol. The molecule has 6 heteroatoms. The van der Waals surface area contributed by atoms with Crippen molar-refractivity contribution in [1.29, 1.82) is 0 Å². The number of aryl methyl sites for hydroxylation is 1. The van der Waals surface area contributed by atoms with Crippen LogP contribution in [0.1, 0.15) is 16.1 Å². The standard InChI is InChI=1S/C16H12BrN3O2/c1-10-7-12(17)15(18-9-10)19-16(21)13-8-14(22-20-13)11-5-3-2-4-6-11/h2-9H,1H3,(H,18,19,21). The minimum Gasteiger partial charge on any atom is -0.355 e. The van der Waals surface area contributed by atoms with Gasteiger partial charge in [0.25, 0.3) is 5.91 Å². The number of aromatic nitrogens is 2. The Hall–Kier alpha value is -2.47. The quantitative estimate of drug-likeness (QED) is 0.767. The van der Waals surface area contributed by atoms with Gasteiger partial charge in [0.15, 0.2) is 11.5 Å². The van der Waals surface area contributed by atoms with Crippen LogP contribution in [-0.2, 0) is 0 Å². The summed E-state index contributed by atoms with van der Waals surface area (Å²) < 4.78 is 5.93. The number of hydrogen-bond acceptors (Lipinski definition) is 4. The predicted octanol–water partition coefficient (Wildman–Crippen LogP) is 4.06. The Kier molecular flexibility index (Phi) is 4.02. The van der Waals surface area contributed by atoms with Gasteiger partial charge in [-0.2, -0.15) is 0 Å². The molecule has 0 bridgehead atoms. The highest BCUT2D eigenvalue weighted by Gasteiger charge is 2.15. The van der Waals surface area contributed by atoms with Gasteiger partial charge in [-0.1, -0.05) is 35.5 Å². The third-order valence-electron chi connectivity index (χ3n) is 3.01. The third kappa shape index (κ3) is 3.07. The molecule has 0 radical (unpaired) electrons. The molecule has 22 heavy (non-hydrogen) atoms. The zero-order valence-corrected chi connectivity index (χ0v) is 13.3. The molecule has 1 aromatic carbocycles. The summed E-state index contributed by atoms with van der Waals surface area (Å²) in [4.78, 5) is 16.4. The first-order valence-electron chi connectivity index (χ1n) is 6.59. The molecule has 0 aliphatic rings. The van der Waals surface area contributed by atoms with Gasteiger partial charge >= 0.3 is 0 Å². The fourth-order valence-corrected chi connectivity index (χ4v) is 2.48. The van der Waals surface area contributed by atoms with Gasteiger partial charge in [-0.05, 0) is 34.5 Å². The Morgan fingerprint density at radius 1 is 1.23 bits per heavy atom. The van der Waals surface area contributed by atoms with E-state index >= 15 is 0 Å². The summed E-state index contributed by atoms with van der Waals surface area (Å²) in [6.45, 7) is 1.92. The van der Waals surface area contributed by atoms with Gasteiger partial charge in [0.2, 0.25) is 0 Å². The molecule has 0 saturated heterocycles. The molecule has 3 aromatic rings. The van der Waals surface area contributed by atoms with E-state index in [0.717, 1.165) is 11.1 Å². The number of anilines is 1. The van der Waals surface area contributed by atoms with E-state index in [1.165, 1.54) is 0 Å². The summed E-state index contributed by atoms with van der Waals surface area (Å²) in [5, 5.41) is 6.50. The fraction of sp³-hybridized carbons (Fsp3) is 0.0625. The van der Waals surface area contributed by atoms with Crippen molar-refractivity contribution in [3.8, 4) is 11.3 Å². The van der Waals surface area contributed by atoms with E-state index in [1.807, 2.05) is 43.3 Å². The molecular formula is C16H12BrN3O2. The Bertz CT molecular complexity index is 815. The number of carbonyl (C=O) groups excluding carboxylic acids is 1. The molecule has 2 heterocycles. The highest BCUT2D eigenvalue weighted by molar-refractivity contribution is 9.10. The van der Waals surface area contributed by atoms with Crippen molar-refractivity contribution in [3.63, 3.8) is 0 Å². The first kappa shape index (κ1) is 14.5. The van der Waals surface area contributed by atoms with E-state index in [-0.39, 0.29) is 11.6 Å². The number of halogens is 1. The predicted molar refractivity (Wildman–Crippen MR) is 86.6 cm³/mol. The van der Waals surface area contributed by atoms with Crippen molar-refractivity contribution < 1.29 is 9.32 Å². The molecule has 5 nitrogen and oxygen atoms in total. The van der Waals surface area contributed by atoms with Crippen LogP contribution in [0.15, 0.2) is 57.7 Å². The second-order valence-corrected chi connectivity index (χ2v) is 5.59. The van der Waals surface area contributed by atoms with Crippen molar-refractivity contribution in [3.05, 3.63) is 64.4 Å². The van der Waals surface area contributed by atoms with Gasteiger partial charge in [-0.3, -0.25) is 4.79 Å². The minimum absolute atomic E-state index is 0.202. The van der Waals surface area contributed by atoms with Gasteiger partial charge in [0.05, 0.1) is 4.47 Å². The van der Waals surface area contributed by atoms with Crippen molar-refractivity contribution in [2.24, 2.45) is 0 Å². The lowest BCUT2D eigenvalue weighted by Crippen LogP contribution is -2.13. The number of amides is 1. The zero-order valence-electron chi connectivity index (χ0n) is 11.7. The first-order chi connectivity index (χ1) is 10.6. The summed E-state index contributed by atoms with van der Waals surface area (Å²) >= 11 is 3.37. The van der Waals surface area contributed by atoms with E-state index in [4.69, 9.17) is 4.52 Å². The summed E-state index contributed by atoms with van der Waals surface area (Å²) in [5.74, 6) is 0.615. The molecule has 3 rings (SSSR count). The van der Waals surface area contributed by atoms with Gasteiger partial charge in [0.1, 0.15) is 5.82 Å². The smallest absolute Gasteiger partial charge is 0.279 e. The average Bonchev–Trinajstić information content (AvgIpc) is 3.01. The molecule has 1 N–H and O–H groups in total. The zero-order chi connectivity index (χ0) is 15.5. The Morgan fingerprint density at radius 2 is 2.00 bits per heavy atom. The molecular weight excluding hydrogens is 346 g/mol. The van der Waals surface area contributed by atoms with Crippen molar-refractivity contribution >= 4 is 27.7 Å². The van der Waals surface area contributed by atoms with Crippen LogP contribution in [0.5, 0.6) is 0 Å². The Labute approximate surface area is 135 Å². The third-order valence-corrected chi connectivity index (χ3v) is 3.62. The van der Waals surface area contributed by atoms with Gasteiger partial charge < -0.3 is 9.84 Å². The highest BCUT2D eigenvalue weighted by Crippen LogP contribution is 2.23. The summed E-state index contributed by atoms with van der Waals surface area (Å²) in [6.07, 6.45) is 1.68. The van der Waals surface area contributed by atoms with Crippen LogP contribution in [0.3, 0.4) is 0 Å². The van der Waals surface area contributed by atoms with Crippen LogP contribution < -0.4 is 5.32 Å². The lowest BCUT2D eigenvalue weighted by molar-refractivity contribution is 0.101. The lowest BCUT2D eigenvalue weighted by Gasteiger charge is -2.04. The number of nitrogens with one attached hydrogen (secondary N) is 1. The van der Waals surface area contributed by atoms with Gasteiger partial charge in [0, 0.05) is 17.8 Å². The van der Waals surface area contributed by atoms with E-state index in [9.17, 15) is 4.79 Å². The first-order valence-corrected chi connectivity index (χ1v) is 7.38. The topological polar surface area (TPSA) is 68.0 Å². The SMILES string of the molecule is Cc1cnc(NC(=O)c2cc(-c3ccccc3)on2)c(Br)c1. The molecule has 0 fully saturated rings. The molecule has 2 aromatic heterocycles. The highest BCUT2D eigenvalue weighted by atomic mass is 79.9. The van der Waals surface area contributed by atoms with Crippen molar-refractivity contribution in [2.75, 3.05) is 5.32 Å². The second kappa shape index (κ2) is 6.11. The van der Waals surface area contributed by atoms with E-state index in [2.05, 4.69) is 31.4 Å². The maximum absolute atomic E-state index is 12.2. The molecule has 1 amide bonds. The number of hydrogen-bond donors (Lipinski definition) is 1. The molecule has 0 spiro atoms. The maximum Gasteiger partial charge on any atom is 0.279 e. The number of pyridine rings is 1. The van der Waals surface area contributed by atoms with Crippen molar-refractivity contribution in [2.45, 2.75) is 6.92 Å². The lowest BCUT2D eigenvalue weighted by atomic mass is 10.1. The number of rotatable bonds is 3. The molecule has 0 aliphatic carbocycles. The van der Waals surface area contributed by atoms with Crippen molar-refractivity contribution in [1.82, 2.24) is 10.1 Å². The van der Waals surface area contributed by atoms with Gasteiger partial charge in [-0.15, -0.1) is 0 Å². The van der Waals surface area contributed by atoms with Gasteiger partial charge in [-0.25, -0.2) is 4.98 Å². The molecule has 0 atom stereocenters. The minimum atomic E-state index is -0.372. The molecule has 0 saturated carbocycles. The molecule has 0 aliphatic heterocycles.